The largest absolute Gasteiger partial charge is 0.454 e. The highest BCUT2D eigenvalue weighted by atomic mass is 16.5. The van der Waals surface area contributed by atoms with Crippen LogP contribution in [0, 0.1) is 5.92 Å². The molecular weight excluding hydrogens is 402 g/mol. The summed E-state index contributed by atoms with van der Waals surface area (Å²) in [5, 5.41) is 0. The van der Waals surface area contributed by atoms with Crippen LogP contribution in [0.25, 0.3) is 11.3 Å². The van der Waals surface area contributed by atoms with Gasteiger partial charge in [0.15, 0.2) is 5.75 Å². The lowest BCUT2D eigenvalue weighted by Gasteiger charge is -2.26. The molecule has 3 aliphatic rings. The lowest BCUT2D eigenvalue weighted by atomic mass is 10.0. The molecule has 8 nitrogen and oxygen atoms in total. The van der Waals surface area contributed by atoms with Crippen LogP contribution < -0.4 is 26.8 Å². The lowest BCUT2D eigenvalue weighted by molar-refractivity contribution is 0.485. The van der Waals surface area contributed by atoms with Gasteiger partial charge in [-0.25, -0.2) is 9.98 Å². The van der Waals surface area contributed by atoms with Crippen molar-refractivity contribution in [3.05, 3.63) is 48.0 Å². The summed E-state index contributed by atoms with van der Waals surface area (Å²) < 4.78 is 6.17. The minimum absolute atomic E-state index is 0.250. The van der Waals surface area contributed by atoms with E-state index in [4.69, 9.17) is 21.9 Å². The van der Waals surface area contributed by atoms with E-state index in [1.807, 2.05) is 42.5 Å². The van der Waals surface area contributed by atoms with Gasteiger partial charge in [-0.3, -0.25) is 0 Å². The second-order valence-corrected chi connectivity index (χ2v) is 8.72. The predicted octanol–water partition coefficient (Wildman–Crippen LogP) is 3.83. The van der Waals surface area contributed by atoms with Crippen molar-refractivity contribution in [2.75, 3.05) is 22.9 Å². The highest BCUT2D eigenvalue weighted by Gasteiger charge is 2.38. The standard InChI is InChI=1S/C24H25N7O/c25-15-10-14(11-20-22(15)23(26)28-16-4-1-2-6-19(16)32-20)17-12-21(30-24(27)29-17)31-9-3-5-18(31)13-7-8-13/h1-2,4,6,10-13,18H,3,5,7-9,25H2,(H2,26,28)(H2,27,29,30). The third kappa shape index (κ3) is 3.19. The third-order valence-electron chi connectivity index (χ3n) is 6.50. The maximum atomic E-state index is 6.42. The summed E-state index contributed by atoms with van der Waals surface area (Å²) in [4.78, 5) is 15.9. The first-order valence-corrected chi connectivity index (χ1v) is 11.0. The first-order valence-electron chi connectivity index (χ1n) is 11.0. The maximum Gasteiger partial charge on any atom is 0.222 e. The number of nitrogens with zero attached hydrogens (tertiary/aromatic N) is 4. The van der Waals surface area contributed by atoms with E-state index in [-0.39, 0.29) is 5.95 Å². The summed E-state index contributed by atoms with van der Waals surface area (Å²) in [6, 6.07) is 13.8. The van der Waals surface area contributed by atoms with E-state index in [0.29, 0.717) is 46.0 Å². The number of para-hydroxylation sites is 2. The molecule has 2 aromatic carbocycles. The van der Waals surface area contributed by atoms with Gasteiger partial charge in [0.2, 0.25) is 5.95 Å². The molecular formula is C24H25N7O. The number of nitrogens with two attached hydrogens (primary N) is 3. The molecule has 0 spiro atoms. The first kappa shape index (κ1) is 18.9. The molecule has 3 heterocycles. The third-order valence-corrected chi connectivity index (χ3v) is 6.50. The van der Waals surface area contributed by atoms with Crippen LogP contribution in [0.3, 0.4) is 0 Å². The smallest absolute Gasteiger partial charge is 0.222 e. The monoisotopic (exact) mass is 427 g/mol. The molecule has 1 saturated heterocycles. The normalized spacial score (nSPS) is 19.6. The van der Waals surface area contributed by atoms with E-state index in [1.54, 1.807) is 0 Å². The Hall–Kier alpha value is -3.81. The molecule has 6 rings (SSSR count). The summed E-state index contributed by atoms with van der Waals surface area (Å²) in [7, 11) is 0. The number of amidine groups is 1. The Balaban J connectivity index is 1.43. The second kappa shape index (κ2) is 7.12. The Labute approximate surface area is 186 Å². The van der Waals surface area contributed by atoms with Crippen molar-refractivity contribution in [3.63, 3.8) is 0 Å². The van der Waals surface area contributed by atoms with Gasteiger partial charge in [0.25, 0.3) is 0 Å². The van der Waals surface area contributed by atoms with Crippen LogP contribution in [0.1, 0.15) is 31.2 Å². The SMILES string of the molecule is NC1=Nc2ccccc2Oc2cc(-c3cc(N4CCCC4C4CC4)nc(N)n3)cc(N)c21. The molecule has 1 unspecified atom stereocenters. The molecule has 0 radical (unpaired) electrons. The molecule has 162 valence electrons. The lowest BCUT2D eigenvalue weighted by Crippen LogP contribution is -2.31. The number of hydrogen-bond donors (Lipinski definition) is 3. The number of nitrogen functional groups attached to an aromatic ring is 2. The first-order chi connectivity index (χ1) is 15.6. The summed E-state index contributed by atoms with van der Waals surface area (Å²) in [5.41, 5.74) is 22.0. The summed E-state index contributed by atoms with van der Waals surface area (Å²) >= 11 is 0. The Kier molecular flexibility index (Phi) is 4.21. The van der Waals surface area contributed by atoms with Gasteiger partial charge in [0, 0.05) is 29.9 Å². The van der Waals surface area contributed by atoms with E-state index in [0.717, 1.165) is 23.8 Å². The molecule has 0 amide bonds. The van der Waals surface area contributed by atoms with Crippen molar-refractivity contribution in [2.24, 2.45) is 16.6 Å². The maximum absolute atomic E-state index is 6.42. The van der Waals surface area contributed by atoms with Crippen LogP contribution in [0.5, 0.6) is 11.5 Å². The van der Waals surface area contributed by atoms with E-state index in [9.17, 15) is 0 Å². The minimum atomic E-state index is 0.250. The van der Waals surface area contributed by atoms with Gasteiger partial charge in [0.05, 0.1) is 11.3 Å². The zero-order valence-corrected chi connectivity index (χ0v) is 17.7. The van der Waals surface area contributed by atoms with Gasteiger partial charge >= 0.3 is 0 Å². The van der Waals surface area contributed by atoms with Gasteiger partial charge in [-0.1, -0.05) is 12.1 Å². The molecule has 6 N–H and O–H groups in total. The zero-order valence-electron chi connectivity index (χ0n) is 17.7. The molecule has 1 saturated carbocycles. The molecule has 8 heteroatoms. The van der Waals surface area contributed by atoms with Gasteiger partial charge in [-0.15, -0.1) is 0 Å². The molecule has 1 aromatic heterocycles. The van der Waals surface area contributed by atoms with E-state index in [1.165, 1.54) is 25.7 Å². The van der Waals surface area contributed by atoms with Crippen LogP contribution in [-0.2, 0) is 0 Å². The minimum Gasteiger partial charge on any atom is -0.454 e. The quantitative estimate of drug-likeness (QED) is 0.542. The average Bonchev–Trinajstić information content (AvgIpc) is 3.52. The Morgan fingerprint density at radius 1 is 0.938 bits per heavy atom. The number of rotatable bonds is 3. The fourth-order valence-corrected chi connectivity index (χ4v) is 4.88. The van der Waals surface area contributed by atoms with Crippen molar-refractivity contribution >= 4 is 29.0 Å². The van der Waals surface area contributed by atoms with Gasteiger partial charge in [-0.05, 0) is 55.9 Å². The fourth-order valence-electron chi connectivity index (χ4n) is 4.88. The van der Waals surface area contributed by atoms with Gasteiger partial charge < -0.3 is 26.8 Å². The number of aromatic nitrogens is 2. The van der Waals surface area contributed by atoms with E-state index >= 15 is 0 Å². The number of ether oxygens (including phenoxy) is 1. The van der Waals surface area contributed by atoms with Crippen molar-refractivity contribution in [2.45, 2.75) is 31.7 Å². The van der Waals surface area contributed by atoms with Crippen LogP contribution in [-0.4, -0.2) is 28.4 Å². The summed E-state index contributed by atoms with van der Waals surface area (Å²) in [6.45, 7) is 0.996. The molecule has 0 bridgehead atoms. The molecule has 1 atom stereocenters. The second-order valence-electron chi connectivity index (χ2n) is 8.72. The molecule has 2 fully saturated rings. The number of hydrogen-bond acceptors (Lipinski definition) is 8. The Morgan fingerprint density at radius 3 is 2.62 bits per heavy atom. The van der Waals surface area contributed by atoms with Crippen molar-refractivity contribution < 1.29 is 4.74 Å². The number of benzene rings is 2. The van der Waals surface area contributed by atoms with Crippen LogP contribution in [0.15, 0.2) is 47.5 Å². The molecule has 2 aliphatic heterocycles. The van der Waals surface area contributed by atoms with Gasteiger partial charge in [0.1, 0.15) is 23.1 Å². The molecule has 32 heavy (non-hydrogen) atoms. The van der Waals surface area contributed by atoms with Gasteiger partial charge in [-0.2, -0.15) is 4.98 Å². The zero-order chi connectivity index (χ0) is 21.8. The number of anilines is 3. The number of fused-ring (bicyclic) bond motifs is 2. The fraction of sp³-hybridized carbons (Fsp3) is 0.292. The highest BCUT2D eigenvalue weighted by molar-refractivity contribution is 6.07. The van der Waals surface area contributed by atoms with E-state index in [2.05, 4.69) is 19.9 Å². The van der Waals surface area contributed by atoms with Crippen LogP contribution in [0.2, 0.25) is 0 Å². The van der Waals surface area contributed by atoms with Crippen molar-refractivity contribution in [1.82, 2.24) is 9.97 Å². The highest BCUT2D eigenvalue weighted by Crippen LogP contribution is 2.43. The summed E-state index contributed by atoms with van der Waals surface area (Å²) in [5.74, 6) is 3.39. The van der Waals surface area contributed by atoms with Crippen LogP contribution >= 0.6 is 0 Å². The average molecular weight is 428 g/mol. The topological polar surface area (TPSA) is 129 Å². The van der Waals surface area contributed by atoms with E-state index < -0.39 is 0 Å². The molecule has 1 aliphatic carbocycles. The number of aliphatic imine (C=N–C) groups is 1. The Morgan fingerprint density at radius 2 is 1.78 bits per heavy atom. The Bertz CT molecular complexity index is 1250. The predicted molar refractivity (Wildman–Crippen MR) is 126 cm³/mol. The summed E-state index contributed by atoms with van der Waals surface area (Å²) in [6.07, 6.45) is 5.00. The van der Waals surface area contributed by atoms with Crippen molar-refractivity contribution in [1.29, 1.82) is 0 Å². The molecule has 3 aromatic rings. The van der Waals surface area contributed by atoms with Crippen LogP contribution in [0.4, 0.5) is 23.1 Å². The van der Waals surface area contributed by atoms with Crippen molar-refractivity contribution in [3.8, 4) is 22.8 Å².